The Balaban J connectivity index is 1.20. The van der Waals surface area contributed by atoms with E-state index in [1.165, 1.54) is 16.3 Å². The van der Waals surface area contributed by atoms with Crippen molar-refractivity contribution in [3.05, 3.63) is 66.0 Å². The van der Waals surface area contributed by atoms with E-state index in [9.17, 15) is 4.79 Å². The summed E-state index contributed by atoms with van der Waals surface area (Å²) < 4.78 is 5.00. The van der Waals surface area contributed by atoms with E-state index in [2.05, 4.69) is 62.2 Å². The van der Waals surface area contributed by atoms with Gasteiger partial charge < -0.3 is 9.64 Å². The highest BCUT2D eigenvalue weighted by Crippen LogP contribution is 2.41. The molecule has 6 heteroatoms. The van der Waals surface area contributed by atoms with E-state index in [1.807, 2.05) is 0 Å². The van der Waals surface area contributed by atoms with Crippen molar-refractivity contribution < 1.29 is 9.53 Å². The molecule has 0 atom stereocenters. The van der Waals surface area contributed by atoms with E-state index in [1.54, 1.807) is 19.3 Å². The first kappa shape index (κ1) is 19.0. The topological polar surface area (TPSA) is 58.6 Å². The molecule has 0 unspecified atom stereocenters. The van der Waals surface area contributed by atoms with Crippen LogP contribution in [0.1, 0.15) is 29.3 Å². The van der Waals surface area contributed by atoms with Crippen LogP contribution in [0.25, 0.3) is 10.8 Å². The monoisotopic (exact) mass is 402 g/mol. The van der Waals surface area contributed by atoms with Crippen LogP contribution in [0.2, 0.25) is 0 Å². The molecule has 0 radical (unpaired) electrons. The average Bonchev–Trinajstić information content (AvgIpc) is 3.20. The number of carbonyl (C=O) groups is 1. The average molecular weight is 402 g/mol. The number of ether oxygens (including phenoxy) is 1. The van der Waals surface area contributed by atoms with E-state index in [-0.39, 0.29) is 5.97 Å². The zero-order valence-electron chi connectivity index (χ0n) is 17.3. The number of aromatic nitrogens is 2. The van der Waals surface area contributed by atoms with Gasteiger partial charge in [0.2, 0.25) is 5.95 Å². The molecule has 1 spiro atoms. The molecule has 154 valence electrons. The highest BCUT2D eigenvalue weighted by molar-refractivity contribution is 5.88. The summed E-state index contributed by atoms with van der Waals surface area (Å²) in [4.78, 5) is 25.4. The van der Waals surface area contributed by atoms with Crippen molar-refractivity contribution in [2.75, 3.05) is 37.7 Å². The van der Waals surface area contributed by atoms with E-state index < -0.39 is 0 Å². The fraction of sp³-hybridized carbons (Fsp3) is 0.375. The van der Waals surface area contributed by atoms with Crippen LogP contribution in [-0.2, 0) is 11.3 Å². The lowest BCUT2D eigenvalue weighted by atomic mass is 9.79. The molecule has 2 fully saturated rings. The maximum Gasteiger partial charge on any atom is 0.341 e. The maximum absolute atomic E-state index is 11.8. The summed E-state index contributed by atoms with van der Waals surface area (Å²) in [6, 6.07) is 15.2. The Hall–Kier alpha value is -2.99. The van der Waals surface area contributed by atoms with Gasteiger partial charge in [-0.2, -0.15) is 0 Å². The first-order valence-corrected chi connectivity index (χ1v) is 10.6. The molecule has 0 bridgehead atoms. The van der Waals surface area contributed by atoms with Crippen molar-refractivity contribution in [3.63, 3.8) is 0 Å². The van der Waals surface area contributed by atoms with Crippen molar-refractivity contribution >= 4 is 22.7 Å². The third-order valence-electron chi connectivity index (χ3n) is 6.26. The molecule has 30 heavy (non-hydrogen) atoms. The van der Waals surface area contributed by atoms with E-state index >= 15 is 0 Å². The predicted molar refractivity (Wildman–Crippen MR) is 116 cm³/mol. The van der Waals surface area contributed by atoms with Gasteiger partial charge in [0, 0.05) is 50.5 Å². The van der Waals surface area contributed by atoms with Gasteiger partial charge in [0.1, 0.15) is 0 Å². The van der Waals surface area contributed by atoms with Gasteiger partial charge >= 0.3 is 5.97 Å². The van der Waals surface area contributed by atoms with E-state index in [4.69, 9.17) is 4.74 Å². The number of esters is 1. The van der Waals surface area contributed by atoms with Crippen LogP contribution in [0.15, 0.2) is 54.9 Å². The summed E-state index contributed by atoms with van der Waals surface area (Å²) in [6.07, 6.45) is 4.29. The molecule has 3 aromatic rings. The van der Waals surface area contributed by atoms with Crippen molar-refractivity contribution in [1.29, 1.82) is 0 Å². The number of anilines is 1. The van der Waals surface area contributed by atoms with Crippen LogP contribution in [-0.4, -0.2) is 53.6 Å². The largest absolute Gasteiger partial charge is 0.462 e. The quantitative estimate of drug-likeness (QED) is 0.609. The lowest BCUT2D eigenvalue weighted by Gasteiger charge is -2.48. The Morgan fingerprint density at radius 1 is 1.07 bits per heavy atom. The number of fused-ring (bicyclic) bond motifs is 1. The predicted octanol–water partition coefficient (Wildman–Crippen LogP) is 3.52. The highest BCUT2D eigenvalue weighted by Gasteiger charge is 2.47. The minimum atomic E-state index is -0.370. The molecule has 2 saturated heterocycles. The van der Waals surface area contributed by atoms with Gasteiger partial charge in [0.15, 0.2) is 0 Å². The Bertz CT molecular complexity index is 1050. The van der Waals surface area contributed by atoms with Crippen LogP contribution >= 0.6 is 0 Å². The first-order chi connectivity index (χ1) is 14.7. The second-order valence-electron chi connectivity index (χ2n) is 8.45. The minimum absolute atomic E-state index is 0.327. The van der Waals surface area contributed by atoms with Gasteiger partial charge in [-0.25, -0.2) is 14.8 Å². The van der Waals surface area contributed by atoms with Gasteiger partial charge in [0.25, 0.3) is 0 Å². The third-order valence-corrected chi connectivity index (χ3v) is 6.26. The van der Waals surface area contributed by atoms with Crippen molar-refractivity contribution in [1.82, 2.24) is 14.9 Å². The molecule has 0 aliphatic carbocycles. The van der Waals surface area contributed by atoms with Crippen molar-refractivity contribution in [2.45, 2.75) is 19.9 Å². The summed E-state index contributed by atoms with van der Waals surface area (Å²) in [5.74, 6) is 0.331. The third kappa shape index (κ3) is 3.52. The van der Waals surface area contributed by atoms with Gasteiger partial charge in [-0.1, -0.05) is 42.5 Å². The molecule has 5 rings (SSSR count). The molecule has 0 N–H and O–H groups in total. The number of likely N-dealkylation sites (tertiary alicyclic amines) is 1. The lowest BCUT2D eigenvalue weighted by molar-refractivity contribution is 0.0119. The Morgan fingerprint density at radius 3 is 2.63 bits per heavy atom. The number of benzene rings is 2. The van der Waals surface area contributed by atoms with E-state index in [0.29, 0.717) is 23.5 Å². The number of hydrogen-bond donors (Lipinski definition) is 0. The molecular formula is C24H26N4O2. The summed E-state index contributed by atoms with van der Waals surface area (Å²) in [5.41, 5.74) is 2.13. The molecule has 3 heterocycles. The number of rotatable bonds is 5. The molecule has 0 amide bonds. The minimum Gasteiger partial charge on any atom is -0.462 e. The second kappa shape index (κ2) is 7.69. The van der Waals surface area contributed by atoms with Gasteiger partial charge in [-0.05, 0) is 29.7 Å². The molecule has 2 aromatic carbocycles. The zero-order chi connectivity index (χ0) is 20.6. The molecule has 0 saturated carbocycles. The number of carbonyl (C=O) groups excluding carboxylic acids is 1. The second-order valence-corrected chi connectivity index (χ2v) is 8.45. The summed E-state index contributed by atoms with van der Waals surface area (Å²) in [6.45, 7) is 7.28. The smallest absolute Gasteiger partial charge is 0.341 e. The number of hydrogen-bond acceptors (Lipinski definition) is 6. The number of nitrogens with zero attached hydrogens (tertiary/aromatic N) is 4. The fourth-order valence-corrected chi connectivity index (χ4v) is 4.85. The van der Waals surface area contributed by atoms with Crippen LogP contribution in [0.5, 0.6) is 0 Å². The van der Waals surface area contributed by atoms with E-state index in [0.717, 1.165) is 39.1 Å². The van der Waals surface area contributed by atoms with Gasteiger partial charge in [-0.3, -0.25) is 4.90 Å². The van der Waals surface area contributed by atoms with Crippen LogP contribution in [0.3, 0.4) is 0 Å². The fourth-order valence-electron chi connectivity index (χ4n) is 4.85. The molecule has 2 aliphatic rings. The summed E-state index contributed by atoms with van der Waals surface area (Å²) in [5, 5.41) is 2.66. The molecule has 2 aliphatic heterocycles. The molecule has 6 nitrogen and oxygen atoms in total. The Labute approximate surface area is 176 Å². The summed E-state index contributed by atoms with van der Waals surface area (Å²) >= 11 is 0. The van der Waals surface area contributed by atoms with Crippen LogP contribution in [0.4, 0.5) is 5.95 Å². The van der Waals surface area contributed by atoms with Gasteiger partial charge in [-0.15, -0.1) is 0 Å². The Kier molecular flexibility index (Phi) is 4.87. The van der Waals surface area contributed by atoms with Crippen molar-refractivity contribution in [3.8, 4) is 0 Å². The lowest BCUT2D eigenvalue weighted by Crippen LogP contribution is -2.56. The standard InChI is InChI=1S/C24H26N4O2/c1-2-30-22(29)20-12-25-23(26-13-20)28-11-10-24(17-28)15-27(16-24)14-19-8-5-7-18-6-3-4-9-21(18)19/h3-9,12-13H,2,10-11,14-17H2,1H3. The zero-order valence-corrected chi connectivity index (χ0v) is 17.3. The normalized spacial score (nSPS) is 18.0. The molecular weight excluding hydrogens is 376 g/mol. The maximum atomic E-state index is 11.8. The Morgan fingerprint density at radius 2 is 1.83 bits per heavy atom. The van der Waals surface area contributed by atoms with Crippen LogP contribution < -0.4 is 4.90 Å². The highest BCUT2D eigenvalue weighted by atomic mass is 16.5. The first-order valence-electron chi connectivity index (χ1n) is 10.6. The van der Waals surface area contributed by atoms with Crippen molar-refractivity contribution in [2.24, 2.45) is 5.41 Å². The van der Waals surface area contributed by atoms with Gasteiger partial charge in [0.05, 0.1) is 12.2 Å². The van der Waals surface area contributed by atoms with Crippen LogP contribution in [0, 0.1) is 5.41 Å². The summed E-state index contributed by atoms with van der Waals surface area (Å²) in [7, 11) is 0. The molecule has 1 aromatic heterocycles. The SMILES string of the molecule is CCOC(=O)c1cnc(N2CCC3(CN(Cc4cccc5ccccc45)C3)C2)nc1.